The summed E-state index contributed by atoms with van der Waals surface area (Å²) in [4.78, 5) is 36.2. The number of esters is 1. The second kappa shape index (κ2) is 10.2. The predicted octanol–water partition coefficient (Wildman–Crippen LogP) is 6.82. The molecule has 232 valence electrons. The van der Waals surface area contributed by atoms with Crippen molar-refractivity contribution in [1.29, 1.82) is 0 Å². The van der Waals surface area contributed by atoms with Gasteiger partial charge in [0.1, 0.15) is 19.3 Å². The van der Waals surface area contributed by atoms with Gasteiger partial charge in [-0.2, -0.15) is 0 Å². The number of hydrogen-bond donors (Lipinski definition) is 2. The lowest BCUT2D eigenvalue weighted by Crippen LogP contribution is -2.67. The lowest BCUT2D eigenvalue weighted by atomic mass is 9.32. The fourth-order valence-electron chi connectivity index (χ4n) is 12.4. The maximum atomic E-state index is 12.9. The van der Waals surface area contributed by atoms with Crippen molar-refractivity contribution in [2.24, 2.45) is 62.6 Å². The minimum atomic E-state index is -1.10. The average molecular weight is 575 g/mol. The molecule has 0 saturated heterocycles. The van der Waals surface area contributed by atoms with Gasteiger partial charge in [0.05, 0.1) is 5.41 Å². The van der Waals surface area contributed by atoms with Crippen molar-refractivity contribution in [1.82, 2.24) is 0 Å². The summed E-state index contributed by atoms with van der Waals surface area (Å²) in [6.45, 7) is 15.9. The number of carboxylic acids is 2. The van der Waals surface area contributed by atoms with Crippen molar-refractivity contribution in [2.75, 3.05) is 13.2 Å². The molecule has 0 heterocycles. The van der Waals surface area contributed by atoms with E-state index in [9.17, 15) is 19.5 Å². The first kappa shape index (κ1) is 30.8. The summed E-state index contributed by atoms with van der Waals surface area (Å²) in [7, 11) is 0. The smallest absolute Gasteiger partial charge is 0.332 e. The molecule has 0 aromatic rings. The summed E-state index contributed by atoms with van der Waals surface area (Å²) >= 11 is 0. The molecule has 41 heavy (non-hydrogen) atoms. The van der Waals surface area contributed by atoms with Gasteiger partial charge in [-0.05, 0) is 116 Å². The first-order valence-corrected chi connectivity index (χ1v) is 16.3. The normalized spacial score (nSPS) is 46.5. The summed E-state index contributed by atoms with van der Waals surface area (Å²) < 4.78 is 11.0. The lowest BCUT2D eigenvalue weighted by molar-refractivity contribution is -0.252. The third kappa shape index (κ3) is 4.40. The first-order chi connectivity index (χ1) is 19.0. The zero-order valence-electron chi connectivity index (χ0n) is 26.5. The van der Waals surface area contributed by atoms with Gasteiger partial charge in [-0.25, -0.2) is 9.59 Å². The Labute approximate surface area is 246 Å². The molecule has 5 rings (SSSR count). The van der Waals surface area contributed by atoms with E-state index in [1.807, 2.05) is 0 Å². The molecule has 7 nitrogen and oxygen atoms in total. The molecule has 0 aromatic carbocycles. The fraction of sp³-hybridized carbons (Fsp3) is 0.912. The molecule has 10 atom stereocenters. The second-order valence-electron chi connectivity index (χ2n) is 16.3. The van der Waals surface area contributed by atoms with Gasteiger partial charge in [-0.3, -0.25) is 4.79 Å². The van der Waals surface area contributed by atoms with Crippen molar-refractivity contribution in [3.63, 3.8) is 0 Å². The van der Waals surface area contributed by atoms with E-state index in [4.69, 9.17) is 14.6 Å². The molecular weight excluding hydrogens is 520 g/mol. The van der Waals surface area contributed by atoms with E-state index in [0.29, 0.717) is 29.6 Å². The summed E-state index contributed by atoms with van der Waals surface area (Å²) in [5.41, 5.74) is -0.336. The summed E-state index contributed by atoms with van der Waals surface area (Å²) in [6, 6.07) is 0. The van der Waals surface area contributed by atoms with E-state index < -0.39 is 29.9 Å². The van der Waals surface area contributed by atoms with Crippen molar-refractivity contribution in [3.8, 4) is 0 Å². The number of carboxylic acid groups (broad SMARTS) is 2. The van der Waals surface area contributed by atoms with Crippen LogP contribution in [0.3, 0.4) is 0 Å². The molecule has 2 N–H and O–H groups in total. The Morgan fingerprint density at radius 2 is 1.49 bits per heavy atom. The Hall–Kier alpha value is -1.63. The highest BCUT2D eigenvalue weighted by atomic mass is 16.6. The molecule has 0 amide bonds. The Bertz CT molecular complexity index is 1070. The minimum Gasteiger partial charge on any atom is -0.481 e. The van der Waals surface area contributed by atoms with Crippen LogP contribution in [0, 0.1) is 62.6 Å². The van der Waals surface area contributed by atoms with Crippen LogP contribution in [0.4, 0.5) is 0 Å². The van der Waals surface area contributed by atoms with E-state index in [2.05, 4.69) is 48.5 Å². The topological polar surface area (TPSA) is 110 Å². The van der Waals surface area contributed by atoms with Crippen molar-refractivity contribution < 1.29 is 34.1 Å². The van der Waals surface area contributed by atoms with Crippen LogP contribution in [0.15, 0.2) is 0 Å². The number of rotatable bonds is 7. The van der Waals surface area contributed by atoms with Crippen LogP contribution in [0.5, 0.6) is 0 Å². The molecule has 0 aliphatic heterocycles. The summed E-state index contributed by atoms with van der Waals surface area (Å²) in [6.07, 6.45) is 9.83. The molecule has 0 spiro atoms. The van der Waals surface area contributed by atoms with E-state index in [0.717, 1.165) is 64.2 Å². The summed E-state index contributed by atoms with van der Waals surface area (Å²) in [5, 5.41) is 19.4. The number of hydrogen-bond acceptors (Lipinski definition) is 5. The van der Waals surface area contributed by atoms with Gasteiger partial charge in [0.25, 0.3) is 0 Å². The number of carbonyl (C=O) groups excluding carboxylic acids is 1. The van der Waals surface area contributed by atoms with Crippen LogP contribution in [0.1, 0.15) is 113 Å². The Balaban J connectivity index is 1.40. The summed E-state index contributed by atoms with van der Waals surface area (Å²) in [5.74, 6) is 0.580. The number of aliphatic carboxylic acids is 2. The molecular formula is C34H54O7. The van der Waals surface area contributed by atoms with E-state index in [1.165, 1.54) is 0 Å². The van der Waals surface area contributed by atoms with Crippen molar-refractivity contribution in [3.05, 3.63) is 0 Å². The van der Waals surface area contributed by atoms with E-state index in [1.54, 1.807) is 0 Å². The number of fused-ring (bicyclic) bond motifs is 7. The van der Waals surface area contributed by atoms with Crippen LogP contribution in [-0.2, 0) is 23.9 Å². The maximum absolute atomic E-state index is 12.9. The fourth-order valence-corrected chi connectivity index (χ4v) is 12.4. The third-order valence-corrected chi connectivity index (χ3v) is 14.4. The lowest BCUT2D eigenvalue weighted by Gasteiger charge is -2.72. The quantitative estimate of drug-likeness (QED) is 0.321. The van der Waals surface area contributed by atoms with Crippen LogP contribution < -0.4 is 0 Å². The third-order valence-electron chi connectivity index (χ3n) is 14.4. The highest BCUT2D eigenvalue weighted by Crippen LogP contribution is 2.77. The molecule has 5 fully saturated rings. The molecule has 7 heteroatoms. The highest BCUT2D eigenvalue weighted by molar-refractivity contribution is 5.76. The van der Waals surface area contributed by atoms with Crippen LogP contribution >= 0.6 is 0 Å². The first-order valence-electron chi connectivity index (χ1n) is 16.3. The average Bonchev–Trinajstić information content (AvgIpc) is 3.27. The Morgan fingerprint density at radius 1 is 0.780 bits per heavy atom. The van der Waals surface area contributed by atoms with Crippen LogP contribution in [0.2, 0.25) is 0 Å². The van der Waals surface area contributed by atoms with E-state index in [-0.39, 0.29) is 40.3 Å². The van der Waals surface area contributed by atoms with Crippen LogP contribution in [0.25, 0.3) is 0 Å². The minimum absolute atomic E-state index is 0.125. The van der Waals surface area contributed by atoms with Crippen molar-refractivity contribution >= 4 is 17.9 Å². The van der Waals surface area contributed by atoms with Gasteiger partial charge in [0.2, 0.25) is 0 Å². The molecule has 5 aliphatic carbocycles. The molecule has 5 saturated carbocycles. The standard InChI is InChI=1S/C34H54O7/c1-20(2)21-10-15-34(29(38)39)17-16-32(6)22(28(21)34)8-9-24-31(5)13-12-25(41-27(37)19-40-18-26(35)36)30(3,4)23(31)11-14-33(24,32)7/h20-25,28H,8-19H2,1-7H3,(H,35,36)(H,38,39)/t21-,22+,23-,24+,25-,28+,31-,32+,33+,34-/m0/s1. The molecule has 0 unspecified atom stereocenters. The molecule has 0 bridgehead atoms. The van der Waals surface area contributed by atoms with E-state index >= 15 is 0 Å². The van der Waals surface area contributed by atoms with Gasteiger partial charge in [-0.1, -0.05) is 48.5 Å². The molecule has 0 aromatic heterocycles. The zero-order chi connectivity index (χ0) is 30.2. The maximum Gasteiger partial charge on any atom is 0.332 e. The van der Waals surface area contributed by atoms with Crippen LogP contribution in [-0.4, -0.2) is 47.4 Å². The largest absolute Gasteiger partial charge is 0.481 e. The second-order valence-corrected chi connectivity index (χ2v) is 16.3. The number of carbonyl (C=O) groups is 3. The van der Waals surface area contributed by atoms with Gasteiger partial charge in [0, 0.05) is 5.41 Å². The highest BCUT2D eigenvalue weighted by Gasteiger charge is 2.72. The van der Waals surface area contributed by atoms with Gasteiger partial charge >= 0.3 is 17.9 Å². The zero-order valence-corrected chi connectivity index (χ0v) is 26.5. The molecule has 5 aliphatic rings. The SMILES string of the molecule is CC(C)[C@@H]1CC[C@]2(C(=O)O)CC[C@]3(C)[C@H](CC[C@@H]4[C@@]5(C)CC[C@H](OC(=O)COCC(=O)O)C(C)(C)[C@@H]5CC[C@]43C)[C@@H]12. The number of ether oxygens (including phenoxy) is 2. The van der Waals surface area contributed by atoms with Gasteiger partial charge < -0.3 is 19.7 Å². The Morgan fingerprint density at radius 3 is 2.12 bits per heavy atom. The van der Waals surface area contributed by atoms with Gasteiger partial charge in [0.15, 0.2) is 0 Å². The Kier molecular flexibility index (Phi) is 7.69. The predicted molar refractivity (Wildman–Crippen MR) is 155 cm³/mol. The van der Waals surface area contributed by atoms with Crippen molar-refractivity contribution in [2.45, 2.75) is 119 Å². The van der Waals surface area contributed by atoms with Gasteiger partial charge in [-0.15, -0.1) is 0 Å². The molecule has 0 radical (unpaired) electrons. The monoisotopic (exact) mass is 574 g/mol.